The second kappa shape index (κ2) is 8.40. The van der Waals surface area contributed by atoms with Crippen molar-refractivity contribution < 1.29 is 9.72 Å². The zero-order chi connectivity index (χ0) is 18.4. The van der Waals surface area contributed by atoms with Crippen LogP contribution in [-0.2, 0) is 4.79 Å². The Hall–Kier alpha value is -2.72. The maximum absolute atomic E-state index is 12.3. The van der Waals surface area contributed by atoms with E-state index in [9.17, 15) is 20.2 Å². The van der Waals surface area contributed by atoms with Gasteiger partial charge in [-0.15, -0.1) is 0 Å². The van der Waals surface area contributed by atoms with E-state index >= 15 is 0 Å². The molecule has 25 heavy (non-hydrogen) atoms. The van der Waals surface area contributed by atoms with Crippen LogP contribution in [0.1, 0.15) is 19.4 Å². The van der Waals surface area contributed by atoms with Crippen molar-refractivity contribution in [3.63, 3.8) is 0 Å². The van der Waals surface area contributed by atoms with Gasteiger partial charge in [-0.1, -0.05) is 26.0 Å². The average molecular weight is 342 g/mol. The first kappa shape index (κ1) is 18.6. The highest BCUT2D eigenvalue weighted by Crippen LogP contribution is 2.15. The Balaban J connectivity index is 1.94. The van der Waals surface area contributed by atoms with Gasteiger partial charge in [-0.3, -0.25) is 19.8 Å². The largest absolute Gasteiger partial charge is 0.337 e. The molecule has 0 N–H and O–H groups in total. The molecule has 1 aliphatic heterocycles. The minimum atomic E-state index is -0.460. The highest BCUT2D eigenvalue weighted by atomic mass is 16.6. The molecular formula is C18H22N4O3. The Bertz CT molecular complexity index is 701. The Morgan fingerprint density at radius 3 is 2.56 bits per heavy atom. The number of nitro benzene ring substituents is 1. The second-order valence-corrected chi connectivity index (χ2v) is 6.36. The molecule has 0 aliphatic carbocycles. The van der Waals surface area contributed by atoms with Crippen LogP contribution in [0.4, 0.5) is 5.69 Å². The molecule has 132 valence electrons. The number of hydrogen-bond acceptors (Lipinski definition) is 5. The van der Waals surface area contributed by atoms with Crippen LogP contribution in [0, 0.1) is 27.4 Å². The van der Waals surface area contributed by atoms with E-state index in [1.54, 1.807) is 23.1 Å². The second-order valence-electron chi connectivity index (χ2n) is 6.36. The van der Waals surface area contributed by atoms with Gasteiger partial charge in [0.25, 0.3) is 5.69 Å². The monoisotopic (exact) mass is 342 g/mol. The minimum Gasteiger partial charge on any atom is -0.337 e. The summed E-state index contributed by atoms with van der Waals surface area (Å²) in [5, 5.41) is 20.0. The van der Waals surface area contributed by atoms with Crippen LogP contribution >= 0.6 is 0 Å². The van der Waals surface area contributed by atoms with Crippen molar-refractivity contribution in [1.29, 1.82) is 5.26 Å². The molecule has 1 aromatic rings. The number of benzene rings is 1. The Kier molecular flexibility index (Phi) is 6.25. The van der Waals surface area contributed by atoms with Crippen molar-refractivity contribution in [3.05, 3.63) is 46.0 Å². The van der Waals surface area contributed by atoms with Gasteiger partial charge < -0.3 is 4.90 Å². The fraction of sp³-hybridized carbons (Fsp3) is 0.444. The lowest BCUT2D eigenvalue weighted by Gasteiger charge is -2.37. The van der Waals surface area contributed by atoms with Crippen LogP contribution in [0.3, 0.4) is 0 Å². The molecule has 2 rings (SSSR count). The molecule has 1 saturated heterocycles. The lowest BCUT2D eigenvalue weighted by molar-refractivity contribution is -0.384. The van der Waals surface area contributed by atoms with Crippen LogP contribution in [0.25, 0.3) is 6.08 Å². The van der Waals surface area contributed by atoms with Crippen molar-refractivity contribution in [2.45, 2.75) is 19.9 Å². The minimum absolute atomic E-state index is 0.000515. The fourth-order valence-electron chi connectivity index (χ4n) is 2.89. The molecule has 0 aromatic heterocycles. The van der Waals surface area contributed by atoms with Gasteiger partial charge in [-0.25, -0.2) is 0 Å². The van der Waals surface area contributed by atoms with Crippen molar-refractivity contribution in [2.24, 2.45) is 5.92 Å². The summed E-state index contributed by atoms with van der Waals surface area (Å²) in [6, 6.07) is 8.36. The van der Waals surface area contributed by atoms with Crippen LogP contribution in [0.5, 0.6) is 0 Å². The Labute approximate surface area is 147 Å². The number of amides is 1. The molecular weight excluding hydrogens is 320 g/mol. The number of non-ortho nitro benzene ring substituents is 1. The van der Waals surface area contributed by atoms with Gasteiger partial charge in [0.1, 0.15) is 6.04 Å². The van der Waals surface area contributed by atoms with Gasteiger partial charge in [0.05, 0.1) is 11.0 Å². The van der Waals surface area contributed by atoms with Gasteiger partial charge in [0.2, 0.25) is 5.91 Å². The van der Waals surface area contributed by atoms with Crippen molar-refractivity contribution in [2.75, 3.05) is 26.2 Å². The molecule has 7 nitrogen and oxygen atoms in total. The Morgan fingerprint density at radius 1 is 1.32 bits per heavy atom. The number of nitriles is 1. The first-order valence-corrected chi connectivity index (χ1v) is 8.27. The number of rotatable bonds is 5. The molecule has 0 radical (unpaired) electrons. The molecule has 1 atom stereocenters. The molecule has 7 heteroatoms. The summed E-state index contributed by atoms with van der Waals surface area (Å²) in [5.41, 5.74) is 0.616. The molecule has 1 aromatic carbocycles. The molecule has 0 spiro atoms. The average Bonchev–Trinajstić information content (AvgIpc) is 2.61. The normalized spacial score (nSPS) is 16.8. The predicted octanol–water partition coefficient (Wildman–Crippen LogP) is 2.30. The molecule has 0 unspecified atom stereocenters. The topological polar surface area (TPSA) is 90.5 Å². The SMILES string of the molecule is CC(C)[C@H](C#N)N1CCN(C(=O)/C=C\c2cccc([N+](=O)[O-])c2)CC1. The summed E-state index contributed by atoms with van der Waals surface area (Å²) in [4.78, 5) is 26.5. The van der Waals surface area contributed by atoms with E-state index in [0.717, 1.165) is 0 Å². The van der Waals surface area contributed by atoms with E-state index in [4.69, 9.17) is 0 Å². The zero-order valence-corrected chi connectivity index (χ0v) is 14.5. The molecule has 1 amide bonds. The van der Waals surface area contributed by atoms with E-state index in [1.165, 1.54) is 18.2 Å². The number of nitrogens with zero attached hydrogens (tertiary/aromatic N) is 4. The highest BCUT2D eigenvalue weighted by molar-refractivity contribution is 5.91. The van der Waals surface area contributed by atoms with Crippen molar-refractivity contribution in [3.8, 4) is 6.07 Å². The van der Waals surface area contributed by atoms with E-state index in [0.29, 0.717) is 31.7 Å². The summed E-state index contributed by atoms with van der Waals surface area (Å²) >= 11 is 0. The predicted molar refractivity (Wildman–Crippen MR) is 94.5 cm³/mol. The van der Waals surface area contributed by atoms with Gasteiger partial charge in [-0.05, 0) is 17.6 Å². The first-order valence-electron chi connectivity index (χ1n) is 8.27. The maximum Gasteiger partial charge on any atom is 0.270 e. The number of carbonyl (C=O) groups excluding carboxylic acids is 1. The van der Waals surface area contributed by atoms with Crippen LogP contribution < -0.4 is 0 Å². The summed E-state index contributed by atoms with van der Waals surface area (Å²) in [7, 11) is 0. The summed E-state index contributed by atoms with van der Waals surface area (Å²) < 4.78 is 0. The van der Waals surface area contributed by atoms with Gasteiger partial charge in [-0.2, -0.15) is 5.26 Å². The fourth-order valence-corrected chi connectivity index (χ4v) is 2.89. The van der Waals surface area contributed by atoms with Crippen LogP contribution in [0.2, 0.25) is 0 Å². The van der Waals surface area contributed by atoms with Gasteiger partial charge >= 0.3 is 0 Å². The van der Waals surface area contributed by atoms with Crippen molar-refractivity contribution in [1.82, 2.24) is 9.80 Å². The van der Waals surface area contributed by atoms with Crippen molar-refractivity contribution >= 4 is 17.7 Å². The maximum atomic E-state index is 12.3. The molecule has 0 saturated carbocycles. The number of carbonyl (C=O) groups is 1. The van der Waals surface area contributed by atoms with E-state index in [1.807, 2.05) is 13.8 Å². The summed E-state index contributed by atoms with van der Waals surface area (Å²) in [6.45, 7) is 6.53. The summed E-state index contributed by atoms with van der Waals surface area (Å²) in [6.07, 6.45) is 3.03. The number of nitro groups is 1. The smallest absolute Gasteiger partial charge is 0.270 e. The number of piperazine rings is 1. The van der Waals surface area contributed by atoms with Gasteiger partial charge in [0, 0.05) is 44.4 Å². The Morgan fingerprint density at radius 2 is 2.00 bits per heavy atom. The van der Waals surface area contributed by atoms with E-state index < -0.39 is 4.92 Å². The highest BCUT2D eigenvalue weighted by Gasteiger charge is 2.26. The lowest BCUT2D eigenvalue weighted by atomic mass is 10.0. The van der Waals surface area contributed by atoms with E-state index in [-0.39, 0.29) is 23.6 Å². The molecule has 1 aliphatic rings. The summed E-state index contributed by atoms with van der Waals surface area (Å²) in [5.74, 6) is 0.130. The van der Waals surface area contributed by atoms with Crippen LogP contribution in [-0.4, -0.2) is 52.9 Å². The third-order valence-electron chi connectivity index (χ3n) is 4.28. The number of hydrogen-bond donors (Lipinski definition) is 0. The third kappa shape index (κ3) is 4.88. The quantitative estimate of drug-likeness (QED) is 0.465. The zero-order valence-electron chi connectivity index (χ0n) is 14.5. The van der Waals surface area contributed by atoms with Crippen LogP contribution in [0.15, 0.2) is 30.3 Å². The molecule has 0 bridgehead atoms. The standard InChI is InChI=1S/C18H22N4O3/c1-14(2)17(13-19)20-8-10-21(11-9-20)18(23)7-6-15-4-3-5-16(12-15)22(24)25/h3-7,12,14,17H,8-11H2,1-2H3/b7-6-/t17-/m0/s1. The first-order chi connectivity index (χ1) is 11.9. The lowest BCUT2D eigenvalue weighted by Crippen LogP contribution is -2.52. The van der Waals surface area contributed by atoms with Gasteiger partial charge in [0.15, 0.2) is 0 Å². The van der Waals surface area contributed by atoms with E-state index in [2.05, 4.69) is 11.0 Å². The molecule has 1 heterocycles. The third-order valence-corrected chi connectivity index (χ3v) is 4.28. The molecule has 1 fully saturated rings.